The second-order valence-electron chi connectivity index (χ2n) is 6.82. The minimum Gasteiger partial charge on any atom is -0.491 e. The number of hydrogen-bond acceptors (Lipinski definition) is 6. The molecule has 28 heavy (non-hydrogen) atoms. The first-order chi connectivity index (χ1) is 13.5. The van der Waals surface area contributed by atoms with Crippen molar-refractivity contribution in [1.82, 2.24) is 19.9 Å². The van der Waals surface area contributed by atoms with Gasteiger partial charge in [0, 0.05) is 43.9 Å². The molecule has 0 aromatic carbocycles. The minimum atomic E-state index is -2.02. The Balaban J connectivity index is 1.46. The van der Waals surface area contributed by atoms with Crippen LogP contribution in [0.15, 0.2) is 24.7 Å². The van der Waals surface area contributed by atoms with Gasteiger partial charge in [-0.2, -0.15) is 4.98 Å². The van der Waals surface area contributed by atoms with Gasteiger partial charge in [0.05, 0.1) is 19.3 Å². The van der Waals surface area contributed by atoms with E-state index in [-0.39, 0.29) is 50.2 Å². The van der Waals surface area contributed by atoms with Gasteiger partial charge in [-0.1, -0.05) is 0 Å². The topological polar surface area (TPSA) is 71.5 Å². The van der Waals surface area contributed by atoms with Crippen LogP contribution >= 0.6 is 11.6 Å². The summed E-state index contributed by atoms with van der Waals surface area (Å²) in [6, 6.07) is 1.73. The third-order valence-corrected chi connectivity index (χ3v) is 5.24. The first-order valence-corrected chi connectivity index (χ1v) is 9.31. The van der Waals surface area contributed by atoms with Crippen LogP contribution in [0.2, 0.25) is 5.28 Å². The molecule has 0 atom stereocenters. The van der Waals surface area contributed by atoms with Crippen LogP contribution in [0.25, 0.3) is 0 Å². The summed E-state index contributed by atoms with van der Waals surface area (Å²) in [7, 11) is 0. The summed E-state index contributed by atoms with van der Waals surface area (Å²) in [6.07, 6.45) is 4.08. The quantitative estimate of drug-likeness (QED) is 0.709. The maximum Gasteiger partial charge on any atom is 0.260 e. The van der Waals surface area contributed by atoms with Gasteiger partial charge in [-0.25, -0.2) is 13.8 Å². The van der Waals surface area contributed by atoms with E-state index in [1.54, 1.807) is 23.4 Å². The molecule has 0 aliphatic carbocycles. The number of piperidine rings is 1. The van der Waals surface area contributed by atoms with Gasteiger partial charge < -0.3 is 14.5 Å². The summed E-state index contributed by atoms with van der Waals surface area (Å²) < 4.78 is 35.1. The molecule has 2 aromatic rings. The SMILES string of the molecule is O=C(N1CCOc2ccncc2C1)C1(F)CCN(c2nc(Cl)ncc2F)CC1. The number of fused-ring (bicyclic) bond motifs is 1. The molecule has 4 heterocycles. The number of aromatic nitrogens is 3. The summed E-state index contributed by atoms with van der Waals surface area (Å²) in [4.78, 5) is 27.5. The molecule has 2 aliphatic rings. The second-order valence-corrected chi connectivity index (χ2v) is 7.16. The van der Waals surface area contributed by atoms with Crippen molar-refractivity contribution in [3.63, 3.8) is 0 Å². The molecule has 2 aromatic heterocycles. The molecule has 10 heteroatoms. The third-order valence-electron chi connectivity index (χ3n) is 5.06. The van der Waals surface area contributed by atoms with Crippen molar-refractivity contribution in [2.24, 2.45) is 0 Å². The van der Waals surface area contributed by atoms with Crippen LogP contribution in [0, 0.1) is 5.82 Å². The monoisotopic (exact) mass is 409 g/mol. The molecule has 4 rings (SSSR count). The van der Waals surface area contributed by atoms with Gasteiger partial charge in [0.2, 0.25) is 5.28 Å². The molecule has 0 bridgehead atoms. The summed E-state index contributed by atoms with van der Waals surface area (Å²) >= 11 is 5.73. The highest BCUT2D eigenvalue weighted by molar-refractivity contribution is 6.28. The maximum atomic E-state index is 15.5. The van der Waals surface area contributed by atoms with Crippen molar-refractivity contribution in [3.05, 3.63) is 41.3 Å². The van der Waals surface area contributed by atoms with Crippen LogP contribution in [0.3, 0.4) is 0 Å². The number of halogens is 3. The minimum absolute atomic E-state index is 0.0256. The Morgan fingerprint density at radius 1 is 1.25 bits per heavy atom. The number of hydrogen-bond donors (Lipinski definition) is 0. The van der Waals surface area contributed by atoms with Crippen molar-refractivity contribution in [1.29, 1.82) is 0 Å². The van der Waals surface area contributed by atoms with Gasteiger partial charge in [0.15, 0.2) is 17.3 Å². The average Bonchev–Trinajstić information content (AvgIpc) is 2.92. The average molecular weight is 410 g/mol. The second kappa shape index (κ2) is 7.46. The zero-order valence-corrected chi connectivity index (χ0v) is 15.7. The highest BCUT2D eigenvalue weighted by atomic mass is 35.5. The summed E-state index contributed by atoms with van der Waals surface area (Å²) in [6.45, 7) is 1.12. The number of alkyl halides is 1. The Morgan fingerprint density at radius 3 is 2.82 bits per heavy atom. The van der Waals surface area contributed by atoms with E-state index in [1.165, 1.54) is 4.90 Å². The lowest BCUT2D eigenvalue weighted by Crippen LogP contribution is -2.53. The highest BCUT2D eigenvalue weighted by Crippen LogP contribution is 2.33. The van der Waals surface area contributed by atoms with Gasteiger partial charge in [0.25, 0.3) is 5.91 Å². The van der Waals surface area contributed by atoms with E-state index in [0.717, 1.165) is 11.8 Å². The predicted octanol–water partition coefficient (Wildman–Crippen LogP) is 2.39. The van der Waals surface area contributed by atoms with E-state index in [4.69, 9.17) is 16.3 Å². The van der Waals surface area contributed by atoms with Gasteiger partial charge in [-0.15, -0.1) is 0 Å². The normalized spacial score (nSPS) is 18.8. The fraction of sp³-hybridized carbons (Fsp3) is 0.444. The molecule has 0 radical (unpaired) electrons. The van der Waals surface area contributed by atoms with Crippen LogP contribution in [-0.4, -0.2) is 57.7 Å². The van der Waals surface area contributed by atoms with E-state index in [1.807, 2.05) is 0 Å². The molecule has 0 N–H and O–H groups in total. The summed E-state index contributed by atoms with van der Waals surface area (Å²) in [5, 5.41) is -0.0820. The highest BCUT2D eigenvalue weighted by Gasteiger charge is 2.45. The lowest BCUT2D eigenvalue weighted by molar-refractivity contribution is -0.146. The Kier molecular flexibility index (Phi) is 5.01. The molecule has 0 spiro atoms. The molecular weight excluding hydrogens is 392 g/mol. The van der Waals surface area contributed by atoms with Crippen molar-refractivity contribution in [2.75, 3.05) is 31.1 Å². The Labute approximate surface area is 165 Å². The van der Waals surface area contributed by atoms with Crippen molar-refractivity contribution >= 4 is 23.3 Å². The first-order valence-electron chi connectivity index (χ1n) is 8.93. The van der Waals surface area contributed by atoms with Crippen molar-refractivity contribution < 1.29 is 18.3 Å². The van der Waals surface area contributed by atoms with Gasteiger partial charge in [-0.05, 0) is 17.7 Å². The van der Waals surface area contributed by atoms with Crippen LogP contribution in [0.5, 0.6) is 5.75 Å². The largest absolute Gasteiger partial charge is 0.491 e. The summed E-state index contributed by atoms with van der Waals surface area (Å²) in [5.74, 6) is -0.522. The van der Waals surface area contributed by atoms with E-state index in [0.29, 0.717) is 12.3 Å². The fourth-order valence-electron chi connectivity index (χ4n) is 3.53. The zero-order chi connectivity index (χ0) is 19.7. The van der Waals surface area contributed by atoms with Crippen LogP contribution in [-0.2, 0) is 11.3 Å². The van der Waals surface area contributed by atoms with Gasteiger partial charge >= 0.3 is 0 Å². The molecular formula is C18H18ClF2N5O2. The first kappa shape index (κ1) is 18.8. The van der Waals surface area contributed by atoms with E-state index >= 15 is 4.39 Å². The Morgan fingerprint density at radius 2 is 2.04 bits per heavy atom. The number of carbonyl (C=O) groups excluding carboxylic acids is 1. The van der Waals surface area contributed by atoms with Gasteiger partial charge in [0.1, 0.15) is 12.4 Å². The lowest BCUT2D eigenvalue weighted by atomic mass is 9.91. The maximum absolute atomic E-state index is 15.5. The number of anilines is 1. The van der Waals surface area contributed by atoms with E-state index in [9.17, 15) is 9.18 Å². The van der Waals surface area contributed by atoms with Gasteiger partial charge in [-0.3, -0.25) is 9.78 Å². The molecule has 148 valence electrons. The standard InChI is InChI=1S/C18H18ClF2N5O2/c19-17-23-10-13(20)15(24-17)25-5-2-18(21,3-6-25)16(27)26-7-8-28-14-1-4-22-9-12(14)11-26/h1,4,9-10H,2-3,5-8,11H2. The third kappa shape index (κ3) is 3.58. The number of ether oxygens (including phenoxy) is 1. The summed E-state index contributed by atoms with van der Waals surface area (Å²) in [5.41, 5.74) is -1.27. The van der Waals surface area contributed by atoms with Crippen LogP contribution < -0.4 is 9.64 Å². The van der Waals surface area contributed by atoms with E-state index < -0.39 is 17.4 Å². The molecule has 0 unspecified atom stereocenters. The number of carbonyl (C=O) groups is 1. The Bertz CT molecular complexity index is 892. The predicted molar refractivity (Wildman–Crippen MR) is 97.4 cm³/mol. The smallest absolute Gasteiger partial charge is 0.260 e. The number of amides is 1. The zero-order valence-electron chi connectivity index (χ0n) is 14.9. The molecule has 7 nitrogen and oxygen atoms in total. The van der Waals surface area contributed by atoms with Crippen LogP contribution in [0.1, 0.15) is 18.4 Å². The van der Waals surface area contributed by atoms with Crippen LogP contribution in [0.4, 0.5) is 14.6 Å². The van der Waals surface area contributed by atoms with Crippen molar-refractivity contribution in [2.45, 2.75) is 25.1 Å². The lowest BCUT2D eigenvalue weighted by Gasteiger charge is -2.38. The van der Waals surface area contributed by atoms with Crippen molar-refractivity contribution in [3.8, 4) is 5.75 Å². The Hall–Kier alpha value is -2.55. The van der Waals surface area contributed by atoms with E-state index in [2.05, 4.69) is 15.0 Å². The fourth-order valence-corrected chi connectivity index (χ4v) is 3.66. The number of rotatable bonds is 2. The molecule has 1 fully saturated rings. The molecule has 1 amide bonds. The number of nitrogens with zero attached hydrogens (tertiary/aromatic N) is 5. The number of pyridine rings is 1. The molecule has 1 saturated heterocycles. The molecule has 2 aliphatic heterocycles. The molecule has 0 saturated carbocycles.